The van der Waals surface area contributed by atoms with Crippen LogP contribution in [0.25, 0.3) is 22.0 Å². The number of amides is 1. The summed E-state index contributed by atoms with van der Waals surface area (Å²) >= 11 is 0. The predicted molar refractivity (Wildman–Crippen MR) is 102 cm³/mol. The number of hydrogen-bond acceptors (Lipinski definition) is 2. The molecule has 0 aliphatic carbocycles. The van der Waals surface area contributed by atoms with Crippen molar-refractivity contribution < 1.29 is 9.18 Å². The zero-order valence-corrected chi connectivity index (χ0v) is 13.8. The number of nitrogens with zero attached hydrogens (tertiary/aromatic N) is 1. The number of rotatable bonds is 3. The van der Waals surface area contributed by atoms with Gasteiger partial charge in [-0.2, -0.15) is 0 Å². The number of nitrogens with one attached hydrogen (secondary N) is 1. The van der Waals surface area contributed by atoms with E-state index in [1.165, 1.54) is 12.1 Å². The molecule has 4 aromatic rings. The highest BCUT2D eigenvalue weighted by Gasteiger charge is 2.18. The van der Waals surface area contributed by atoms with Crippen LogP contribution in [0.5, 0.6) is 0 Å². The van der Waals surface area contributed by atoms with Crippen molar-refractivity contribution in [1.29, 1.82) is 0 Å². The van der Waals surface area contributed by atoms with Crippen molar-refractivity contribution in [3.05, 3.63) is 96.4 Å². The second kappa shape index (κ2) is 6.76. The minimum atomic E-state index is -0.356. The molecule has 0 saturated heterocycles. The van der Waals surface area contributed by atoms with Gasteiger partial charge in [-0.05, 0) is 35.9 Å². The van der Waals surface area contributed by atoms with Crippen LogP contribution in [0.4, 0.5) is 10.1 Å². The molecule has 0 aliphatic rings. The largest absolute Gasteiger partial charge is 0.322 e. The topological polar surface area (TPSA) is 42.0 Å². The van der Waals surface area contributed by atoms with Crippen LogP contribution >= 0.6 is 0 Å². The first-order chi connectivity index (χ1) is 12.7. The molecule has 0 fully saturated rings. The number of aromatic nitrogens is 1. The average molecular weight is 342 g/mol. The van der Waals surface area contributed by atoms with Crippen molar-refractivity contribution in [3.63, 3.8) is 0 Å². The highest BCUT2D eigenvalue weighted by Crippen LogP contribution is 2.30. The molecule has 26 heavy (non-hydrogen) atoms. The number of hydrogen-bond donors (Lipinski definition) is 1. The van der Waals surface area contributed by atoms with Crippen LogP contribution in [0.1, 0.15) is 10.4 Å². The Bertz CT molecular complexity index is 1090. The lowest BCUT2D eigenvalue weighted by molar-refractivity contribution is 0.102. The van der Waals surface area contributed by atoms with E-state index < -0.39 is 0 Å². The molecule has 4 rings (SSSR count). The lowest BCUT2D eigenvalue weighted by Gasteiger charge is -2.13. The van der Waals surface area contributed by atoms with Crippen LogP contribution < -0.4 is 5.32 Å². The second-order valence-electron chi connectivity index (χ2n) is 5.89. The molecular weight excluding hydrogens is 327 g/mol. The summed E-state index contributed by atoms with van der Waals surface area (Å²) in [7, 11) is 0. The number of para-hydroxylation sites is 2. The van der Waals surface area contributed by atoms with Gasteiger partial charge in [0.05, 0.1) is 11.1 Å². The first-order valence-corrected chi connectivity index (χ1v) is 8.22. The van der Waals surface area contributed by atoms with E-state index in [9.17, 15) is 9.18 Å². The smallest absolute Gasteiger partial charge is 0.257 e. The van der Waals surface area contributed by atoms with E-state index in [1.54, 1.807) is 18.3 Å². The van der Waals surface area contributed by atoms with Gasteiger partial charge < -0.3 is 5.32 Å². The van der Waals surface area contributed by atoms with Gasteiger partial charge in [0.15, 0.2) is 0 Å². The van der Waals surface area contributed by atoms with Crippen molar-refractivity contribution in [1.82, 2.24) is 4.98 Å². The molecule has 1 N–H and O–H groups in total. The third-order valence-corrected chi connectivity index (χ3v) is 4.17. The van der Waals surface area contributed by atoms with E-state index in [1.807, 2.05) is 54.6 Å². The van der Waals surface area contributed by atoms with Crippen LogP contribution in [-0.4, -0.2) is 10.9 Å². The molecule has 126 valence electrons. The molecule has 0 aliphatic heterocycles. The molecule has 3 nitrogen and oxygen atoms in total. The van der Waals surface area contributed by atoms with Gasteiger partial charge in [-0.25, -0.2) is 4.39 Å². The fourth-order valence-electron chi connectivity index (χ4n) is 2.98. The van der Waals surface area contributed by atoms with Gasteiger partial charge in [-0.3, -0.25) is 9.78 Å². The molecule has 0 bridgehead atoms. The number of anilines is 1. The first-order valence-electron chi connectivity index (χ1n) is 8.22. The van der Waals surface area contributed by atoms with Crippen molar-refractivity contribution in [2.24, 2.45) is 0 Å². The van der Waals surface area contributed by atoms with Crippen LogP contribution in [0.2, 0.25) is 0 Å². The van der Waals surface area contributed by atoms with Crippen LogP contribution in [0.3, 0.4) is 0 Å². The summed E-state index contributed by atoms with van der Waals surface area (Å²) in [5.41, 5.74) is 3.09. The molecular formula is C22H15FN2O. The number of pyridine rings is 1. The number of halogens is 1. The molecule has 0 unspecified atom stereocenters. The van der Waals surface area contributed by atoms with Crippen molar-refractivity contribution in [2.45, 2.75) is 0 Å². The quantitative estimate of drug-likeness (QED) is 0.549. The fraction of sp³-hybridized carbons (Fsp3) is 0. The van der Waals surface area contributed by atoms with Gasteiger partial charge in [0, 0.05) is 22.8 Å². The summed E-state index contributed by atoms with van der Waals surface area (Å²) in [5, 5.41) is 3.64. The van der Waals surface area contributed by atoms with Crippen LogP contribution in [-0.2, 0) is 0 Å². The summed E-state index contributed by atoms with van der Waals surface area (Å²) in [4.78, 5) is 17.5. The zero-order chi connectivity index (χ0) is 17.9. The van der Waals surface area contributed by atoms with E-state index >= 15 is 0 Å². The number of carbonyl (C=O) groups excluding carboxylic acids is 1. The SMILES string of the molecule is O=C(Nc1ccccc1)c1c(-c2cccc(F)c2)cnc2ccccc12. The summed E-state index contributed by atoms with van der Waals surface area (Å²) in [6, 6.07) is 22.9. The summed E-state index contributed by atoms with van der Waals surface area (Å²) in [6.45, 7) is 0. The lowest BCUT2D eigenvalue weighted by atomic mass is 9.97. The standard InChI is InChI=1S/C22H15FN2O/c23-16-8-6-7-15(13-16)19-14-24-20-12-5-4-11-18(20)21(19)22(26)25-17-9-2-1-3-10-17/h1-14H,(H,25,26). The molecule has 1 heterocycles. The Balaban J connectivity index is 1.90. The Labute approximate surface area is 150 Å². The van der Waals surface area contributed by atoms with E-state index in [2.05, 4.69) is 10.3 Å². The monoisotopic (exact) mass is 342 g/mol. The second-order valence-corrected chi connectivity index (χ2v) is 5.89. The molecule has 4 heteroatoms. The Morgan fingerprint density at radius 1 is 0.885 bits per heavy atom. The highest BCUT2D eigenvalue weighted by atomic mass is 19.1. The van der Waals surface area contributed by atoms with Gasteiger partial charge in [-0.15, -0.1) is 0 Å². The summed E-state index contributed by atoms with van der Waals surface area (Å²) < 4.78 is 13.7. The summed E-state index contributed by atoms with van der Waals surface area (Å²) in [6.07, 6.45) is 1.62. The lowest BCUT2D eigenvalue weighted by Crippen LogP contribution is -2.14. The summed E-state index contributed by atoms with van der Waals surface area (Å²) in [5.74, 6) is -0.612. The average Bonchev–Trinajstić information content (AvgIpc) is 2.68. The Morgan fingerprint density at radius 2 is 1.65 bits per heavy atom. The van der Waals surface area contributed by atoms with Gasteiger partial charge in [0.2, 0.25) is 0 Å². The van der Waals surface area contributed by atoms with Crippen molar-refractivity contribution in [2.75, 3.05) is 5.32 Å². The van der Waals surface area contributed by atoms with Crippen molar-refractivity contribution >= 4 is 22.5 Å². The minimum absolute atomic E-state index is 0.255. The minimum Gasteiger partial charge on any atom is -0.322 e. The highest BCUT2D eigenvalue weighted by molar-refractivity contribution is 6.16. The Morgan fingerprint density at radius 3 is 2.46 bits per heavy atom. The molecule has 0 atom stereocenters. The van der Waals surface area contributed by atoms with Crippen molar-refractivity contribution in [3.8, 4) is 11.1 Å². The number of benzene rings is 3. The molecule has 1 amide bonds. The third kappa shape index (κ3) is 3.05. The zero-order valence-electron chi connectivity index (χ0n) is 13.8. The Hall–Kier alpha value is -3.53. The molecule has 0 saturated carbocycles. The predicted octanol–water partition coefficient (Wildman–Crippen LogP) is 5.29. The number of fused-ring (bicyclic) bond motifs is 1. The van der Waals surface area contributed by atoms with E-state index in [0.717, 1.165) is 5.39 Å². The molecule has 3 aromatic carbocycles. The van der Waals surface area contributed by atoms with Crippen LogP contribution in [0.15, 0.2) is 85.1 Å². The van der Waals surface area contributed by atoms with E-state index in [0.29, 0.717) is 27.9 Å². The first kappa shape index (κ1) is 16.0. The molecule has 0 spiro atoms. The maximum Gasteiger partial charge on any atom is 0.257 e. The molecule has 0 radical (unpaired) electrons. The maximum absolute atomic E-state index is 13.7. The maximum atomic E-state index is 13.7. The van der Waals surface area contributed by atoms with Gasteiger partial charge in [0.25, 0.3) is 5.91 Å². The van der Waals surface area contributed by atoms with Gasteiger partial charge >= 0.3 is 0 Å². The molecule has 1 aromatic heterocycles. The normalized spacial score (nSPS) is 10.7. The van der Waals surface area contributed by atoms with Gasteiger partial charge in [0.1, 0.15) is 5.82 Å². The van der Waals surface area contributed by atoms with E-state index in [4.69, 9.17) is 0 Å². The third-order valence-electron chi connectivity index (χ3n) is 4.17. The fourth-order valence-corrected chi connectivity index (χ4v) is 2.98. The van der Waals surface area contributed by atoms with Crippen LogP contribution in [0, 0.1) is 5.82 Å². The number of carbonyl (C=O) groups is 1. The van der Waals surface area contributed by atoms with E-state index in [-0.39, 0.29) is 11.7 Å². The Kier molecular flexibility index (Phi) is 4.15. The van der Waals surface area contributed by atoms with Gasteiger partial charge in [-0.1, -0.05) is 48.5 Å².